The maximum Gasteiger partial charge on any atom is 0.358 e. The van der Waals surface area contributed by atoms with Crippen molar-refractivity contribution in [3.05, 3.63) is 65.1 Å². The van der Waals surface area contributed by atoms with Gasteiger partial charge in [0.2, 0.25) is 0 Å². The number of aromatic nitrogens is 3. The van der Waals surface area contributed by atoms with Gasteiger partial charge in [0.05, 0.1) is 5.69 Å². The van der Waals surface area contributed by atoms with E-state index in [9.17, 15) is 14.3 Å². The summed E-state index contributed by atoms with van der Waals surface area (Å²) < 4.78 is 14.4. The van der Waals surface area contributed by atoms with Crippen molar-refractivity contribution in [3.63, 3.8) is 0 Å². The van der Waals surface area contributed by atoms with Crippen LogP contribution in [-0.4, -0.2) is 26.1 Å². The van der Waals surface area contributed by atoms with Crippen LogP contribution in [0, 0.1) is 5.82 Å². The Hall–Kier alpha value is -2.73. The van der Waals surface area contributed by atoms with Gasteiger partial charge in [-0.25, -0.2) is 13.9 Å². The Kier molecular flexibility index (Phi) is 3.60. The molecule has 0 unspecified atom stereocenters. The van der Waals surface area contributed by atoms with Crippen molar-refractivity contribution >= 4 is 17.6 Å². The molecule has 0 aliphatic heterocycles. The number of aromatic carboxylic acids is 1. The molecule has 22 heavy (non-hydrogen) atoms. The van der Waals surface area contributed by atoms with E-state index in [1.165, 1.54) is 28.9 Å². The van der Waals surface area contributed by atoms with E-state index in [-0.39, 0.29) is 11.4 Å². The van der Waals surface area contributed by atoms with Gasteiger partial charge in [0.15, 0.2) is 5.69 Å². The van der Waals surface area contributed by atoms with Crippen LogP contribution in [0.1, 0.15) is 10.5 Å². The summed E-state index contributed by atoms with van der Waals surface area (Å²) in [5, 5.41) is 17.3. The number of halogens is 2. The van der Waals surface area contributed by atoms with Crippen molar-refractivity contribution in [2.75, 3.05) is 0 Å². The Morgan fingerprint density at radius 2 is 1.91 bits per heavy atom. The van der Waals surface area contributed by atoms with Gasteiger partial charge in [0, 0.05) is 10.6 Å². The van der Waals surface area contributed by atoms with E-state index >= 15 is 0 Å². The minimum absolute atomic E-state index is 0.202. The highest BCUT2D eigenvalue weighted by molar-refractivity contribution is 6.30. The van der Waals surface area contributed by atoms with Gasteiger partial charge in [0.25, 0.3) is 0 Å². The smallest absolute Gasteiger partial charge is 0.358 e. The Bertz CT molecular complexity index is 846. The van der Waals surface area contributed by atoms with E-state index in [0.717, 1.165) is 0 Å². The molecule has 0 saturated heterocycles. The molecule has 7 heteroatoms. The fraction of sp³-hybridized carbons (Fsp3) is 0. The zero-order chi connectivity index (χ0) is 15.7. The van der Waals surface area contributed by atoms with Gasteiger partial charge in [-0.05, 0) is 36.4 Å². The van der Waals surface area contributed by atoms with Crippen molar-refractivity contribution in [3.8, 4) is 16.9 Å². The molecule has 0 aliphatic carbocycles. The maximum atomic E-state index is 13.1. The molecule has 1 N–H and O–H groups in total. The van der Waals surface area contributed by atoms with E-state index < -0.39 is 11.8 Å². The predicted molar refractivity (Wildman–Crippen MR) is 78.7 cm³/mol. The van der Waals surface area contributed by atoms with Crippen molar-refractivity contribution in [1.82, 2.24) is 15.0 Å². The Morgan fingerprint density at radius 1 is 1.18 bits per heavy atom. The van der Waals surface area contributed by atoms with Crippen LogP contribution >= 0.6 is 11.6 Å². The third-order valence-electron chi connectivity index (χ3n) is 3.04. The summed E-state index contributed by atoms with van der Waals surface area (Å²) in [5.74, 6) is -1.60. The SMILES string of the molecule is O=C(O)c1nnn(-c2ccc(F)cc2)c1-c1cccc(Cl)c1. The van der Waals surface area contributed by atoms with Crippen LogP contribution in [0.5, 0.6) is 0 Å². The second-order valence-electron chi connectivity index (χ2n) is 4.49. The number of carbonyl (C=O) groups is 1. The molecular weight excluding hydrogens is 309 g/mol. The van der Waals surface area contributed by atoms with Crippen molar-refractivity contribution in [2.24, 2.45) is 0 Å². The van der Waals surface area contributed by atoms with Gasteiger partial charge in [-0.3, -0.25) is 0 Å². The standard InChI is InChI=1S/C15H9ClFN3O2/c16-10-3-1-2-9(8-10)14-13(15(21)22)18-19-20(14)12-6-4-11(17)5-7-12/h1-8H,(H,21,22). The highest BCUT2D eigenvalue weighted by Crippen LogP contribution is 2.27. The van der Waals surface area contributed by atoms with Gasteiger partial charge in [0.1, 0.15) is 11.5 Å². The second kappa shape index (κ2) is 5.57. The fourth-order valence-corrected chi connectivity index (χ4v) is 2.27. The van der Waals surface area contributed by atoms with Crippen LogP contribution in [0.15, 0.2) is 48.5 Å². The number of benzene rings is 2. The molecule has 0 spiro atoms. The first-order valence-corrected chi connectivity index (χ1v) is 6.65. The minimum Gasteiger partial charge on any atom is -0.476 e. The zero-order valence-electron chi connectivity index (χ0n) is 11.1. The molecule has 1 aromatic heterocycles. The molecule has 0 fully saturated rings. The lowest BCUT2D eigenvalue weighted by Crippen LogP contribution is -2.03. The van der Waals surface area contributed by atoms with E-state index in [2.05, 4.69) is 10.3 Å². The Morgan fingerprint density at radius 3 is 2.55 bits per heavy atom. The van der Waals surface area contributed by atoms with Gasteiger partial charge in [-0.1, -0.05) is 28.9 Å². The number of hydrogen-bond acceptors (Lipinski definition) is 3. The van der Waals surface area contributed by atoms with Gasteiger partial charge in [-0.2, -0.15) is 0 Å². The van der Waals surface area contributed by atoms with E-state index in [4.69, 9.17) is 11.6 Å². The lowest BCUT2D eigenvalue weighted by atomic mass is 10.1. The van der Waals surface area contributed by atoms with Gasteiger partial charge in [-0.15, -0.1) is 5.10 Å². The zero-order valence-corrected chi connectivity index (χ0v) is 11.8. The lowest BCUT2D eigenvalue weighted by Gasteiger charge is -2.07. The molecule has 110 valence electrons. The summed E-state index contributed by atoms with van der Waals surface area (Å²) in [7, 11) is 0. The van der Waals surface area contributed by atoms with Gasteiger partial charge < -0.3 is 5.11 Å². The molecule has 0 bridgehead atoms. The molecule has 0 amide bonds. The summed E-state index contributed by atoms with van der Waals surface area (Å²) in [6, 6.07) is 12.2. The number of rotatable bonds is 3. The lowest BCUT2D eigenvalue weighted by molar-refractivity contribution is 0.0691. The summed E-state index contributed by atoms with van der Waals surface area (Å²) in [6.07, 6.45) is 0. The molecule has 1 heterocycles. The number of hydrogen-bond donors (Lipinski definition) is 1. The van der Waals surface area contributed by atoms with Crippen LogP contribution in [0.4, 0.5) is 4.39 Å². The van der Waals surface area contributed by atoms with Gasteiger partial charge >= 0.3 is 5.97 Å². The first-order valence-electron chi connectivity index (χ1n) is 6.27. The largest absolute Gasteiger partial charge is 0.476 e. The first-order chi connectivity index (χ1) is 10.6. The van der Waals surface area contributed by atoms with Crippen molar-refractivity contribution in [2.45, 2.75) is 0 Å². The van der Waals surface area contributed by atoms with Crippen LogP contribution < -0.4 is 0 Å². The summed E-state index contributed by atoms with van der Waals surface area (Å²) in [4.78, 5) is 11.4. The third kappa shape index (κ3) is 2.56. The van der Waals surface area contributed by atoms with Crippen LogP contribution in [0.25, 0.3) is 16.9 Å². The van der Waals surface area contributed by atoms with Crippen molar-refractivity contribution in [1.29, 1.82) is 0 Å². The second-order valence-corrected chi connectivity index (χ2v) is 4.93. The molecule has 0 aliphatic rings. The topological polar surface area (TPSA) is 68.0 Å². The Labute approximate surface area is 129 Å². The minimum atomic E-state index is -1.21. The third-order valence-corrected chi connectivity index (χ3v) is 3.28. The molecule has 3 rings (SSSR count). The quantitative estimate of drug-likeness (QED) is 0.803. The molecule has 5 nitrogen and oxygen atoms in total. The van der Waals surface area contributed by atoms with E-state index in [1.54, 1.807) is 24.3 Å². The monoisotopic (exact) mass is 317 g/mol. The van der Waals surface area contributed by atoms with E-state index in [0.29, 0.717) is 16.3 Å². The highest BCUT2D eigenvalue weighted by Gasteiger charge is 2.21. The van der Waals surface area contributed by atoms with Crippen LogP contribution in [-0.2, 0) is 0 Å². The molecule has 0 radical (unpaired) electrons. The fourth-order valence-electron chi connectivity index (χ4n) is 2.08. The summed E-state index contributed by atoms with van der Waals surface area (Å²) in [5.41, 5.74) is 1.13. The highest BCUT2D eigenvalue weighted by atomic mass is 35.5. The number of carboxylic acid groups (broad SMARTS) is 1. The number of carboxylic acids is 1. The molecule has 0 atom stereocenters. The molecule has 0 saturated carbocycles. The first kappa shape index (κ1) is 14.2. The average Bonchev–Trinajstić information content (AvgIpc) is 2.93. The Balaban J connectivity index is 2.24. The summed E-state index contributed by atoms with van der Waals surface area (Å²) in [6.45, 7) is 0. The average molecular weight is 318 g/mol. The van der Waals surface area contributed by atoms with Crippen molar-refractivity contribution < 1.29 is 14.3 Å². The predicted octanol–water partition coefficient (Wildman–Crippen LogP) is 3.43. The summed E-state index contributed by atoms with van der Waals surface area (Å²) >= 11 is 5.97. The molecular formula is C15H9ClFN3O2. The number of nitrogens with zero attached hydrogens (tertiary/aromatic N) is 3. The molecule has 3 aromatic rings. The van der Waals surface area contributed by atoms with Crippen LogP contribution in [0.2, 0.25) is 5.02 Å². The van der Waals surface area contributed by atoms with E-state index in [1.807, 2.05) is 0 Å². The maximum absolute atomic E-state index is 13.1. The normalized spacial score (nSPS) is 10.6. The molecule has 2 aromatic carbocycles. The van der Waals surface area contributed by atoms with Crippen LogP contribution in [0.3, 0.4) is 0 Å².